The van der Waals surface area contributed by atoms with Crippen LogP contribution in [0.15, 0.2) is 48.7 Å². The van der Waals surface area contributed by atoms with Gasteiger partial charge in [0.05, 0.1) is 61.1 Å². The van der Waals surface area contributed by atoms with E-state index in [1.165, 1.54) is 6.07 Å². The molecule has 3 aliphatic rings. The Labute approximate surface area is 214 Å². The van der Waals surface area contributed by atoms with E-state index in [9.17, 15) is 4.39 Å². The van der Waals surface area contributed by atoms with Crippen molar-refractivity contribution in [3.63, 3.8) is 0 Å². The van der Waals surface area contributed by atoms with Gasteiger partial charge >= 0.3 is 0 Å². The van der Waals surface area contributed by atoms with Gasteiger partial charge in [0.2, 0.25) is 0 Å². The Balaban J connectivity index is 1.31. The number of morpholine rings is 1. The van der Waals surface area contributed by atoms with Crippen molar-refractivity contribution in [2.24, 2.45) is 0 Å². The van der Waals surface area contributed by atoms with Crippen molar-refractivity contribution in [3.05, 3.63) is 54.5 Å². The van der Waals surface area contributed by atoms with Gasteiger partial charge in [0, 0.05) is 43.5 Å². The average molecular weight is 502 g/mol. The van der Waals surface area contributed by atoms with Crippen LogP contribution in [0, 0.1) is 5.82 Å². The number of nitrogens with zero attached hydrogens (tertiary/aromatic N) is 4. The first-order valence-electron chi connectivity index (χ1n) is 12.8. The highest BCUT2D eigenvalue weighted by atomic mass is 19.1. The van der Waals surface area contributed by atoms with Gasteiger partial charge in [-0.15, -0.1) is 0 Å². The van der Waals surface area contributed by atoms with Gasteiger partial charge in [-0.2, -0.15) is 5.10 Å². The van der Waals surface area contributed by atoms with Crippen LogP contribution in [0.4, 0.5) is 10.1 Å². The second kappa shape index (κ2) is 9.32. The highest BCUT2D eigenvalue weighted by molar-refractivity contribution is 5.95. The Hall–Kier alpha value is -3.69. The maximum Gasteiger partial charge on any atom is 0.143 e. The number of pyridine rings is 1. The normalized spacial score (nSPS) is 20.0. The number of hydrogen-bond acceptors (Lipinski definition) is 7. The lowest BCUT2D eigenvalue weighted by Crippen LogP contribution is -2.58. The number of hydrogen-bond donors (Lipinski definition) is 1. The molecule has 4 aromatic rings. The van der Waals surface area contributed by atoms with Gasteiger partial charge < -0.3 is 19.1 Å². The van der Waals surface area contributed by atoms with Crippen molar-refractivity contribution in [1.29, 1.82) is 0 Å². The fourth-order valence-corrected chi connectivity index (χ4v) is 5.57. The van der Waals surface area contributed by atoms with E-state index in [2.05, 4.69) is 43.2 Å². The zero-order valence-electron chi connectivity index (χ0n) is 20.5. The third-order valence-corrected chi connectivity index (χ3v) is 7.49. The topological polar surface area (TPSA) is 75.7 Å². The molecule has 2 aromatic carbocycles. The molecule has 8 nitrogen and oxygen atoms in total. The van der Waals surface area contributed by atoms with Crippen LogP contribution >= 0.6 is 0 Å². The minimum Gasteiger partial charge on any atom is -0.493 e. The van der Waals surface area contributed by atoms with Gasteiger partial charge in [0.15, 0.2) is 0 Å². The van der Waals surface area contributed by atoms with Crippen molar-refractivity contribution in [2.75, 3.05) is 57.5 Å². The SMILES string of the molecule is Fc1cccc2c1-c1cc3c(n[nH]c3cn1)-c1ccc(N3CCN4CCOC[C@@H]4C3)c(c1)OCCCO2. The Morgan fingerprint density at radius 3 is 2.84 bits per heavy atom. The van der Waals surface area contributed by atoms with Crippen LogP contribution in [0.3, 0.4) is 0 Å². The van der Waals surface area contributed by atoms with Crippen molar-refractivity contribution in [1.82, 2.24) is 20.1 Å². The molecule has 1 atom stereocenters. The molecule has 3 aliphatic heterocycles. The van der Waals surface area contributed by atoms with Gasteiger partial charge in [0.25, 0.3) is 0 Å². The largest absolute Gasteiger partial charge is 0.493 e. The molecule has 2 saturated heterocycles. The first-order valence-corrected chi connectivity index (χ1v) is 12.8. The first-order chi connectivity index (χ1) is 18.2. The number of halogens is 1. The van der Waals surface area contributed by atoms with Gasteiger partial charge in [-0.25, -0.2) is 4.39 Å². The lowest BCUT2D eigenvalue weighted by atomic mass is 10.0. The summed E-state index contributed by atoms with van der Waals surface area (Å²) in [6.07, 6.45) is 2.35. The summed E-state index contributed by atoms with van der Waals surface area (Å²) in [5.74, 6) is 0.935. The maximum absolute atomic E-state index is 14.9. The number of aromatic nitrogens is 3. The quantitative estimate of drug-likeness (QED) is 0.421. The van der Waals surface area contributed by atoms with E-state index < -0.39 is 0 Å². The molecule has 4 bridgehead atoms. The number of rotatable bonds is 1. The van der Waals surface area contributed by atoms with Crippen molar-refractivity contribution in [3.8, 4) is 34.0 Å². The summed E-state index contributed by atoms with van der Waals surface area (Å²) in [6.45, 7) is 6.32. The molecule has 0 aliphatic carbocycles. The van der Waals surface area contributed by atoms with E-state index in [1.54, 1.807) is 18.3 Å². The number of aromatic amines is 1. The molecule has 0 unspecified atom stereocenters. The number of fused-ring (bicyclic) bond motifs is 7. The molecule has 37 heavy (non-hydrogen) atoms. The second-order valence-electron chi connectivity index (χ2n) is 9.74. The summed E-state index contributed by atoms with van der Waals surface area (Å²) < 4.78 is 33.1. The standard InChI is InChI=1S/C28H28FN5O3/c29-21-3-1-4-25-27(21)22-14-20-23(15-30-22)31-32-28(20)18-5-6-24(26(13-18)37-11-2-10-36-25)34-8-7-33-9-12-35-17-19(33)16-34/h1,3-6,13-15,19H,2,7-12,16-17H2,(H,31,32)/t19-/m0/s1. The minimum atomic E-state index is -0.368. The third kappa shape index (κ3) is 4.08. The molecule has 1 N–H and O–H groups in total. The smallest absolute Gasteiger partial charge is 0.143 e. The van der Waals surface area contributed by atoms with Gasteiger partial charge in [-0.3, -0.25) is 15.0 Å². The summed E-state index contributed by atoms with van der Waals surface area (Å²) in [5.41, 5.74) is 4.44. The van der Waals surface area contributed by atoms with Crippen LogP contribution in [0.5, 0.6) is 11.5 Å². The summed E-state index contributed by atoms with van der Waals surface area (Å²) >= 11 is 0. The zero-order chi connectivity index (χ0) is 24.8. The average Bonchev–Trinajstić information content (AvgIpc) is 3.35. The predicted molar refractivity (Wildman–Crippen MR) is 139 cm³/mol. The molecule has 2 aromatic heterocycles. The zero-order valence-corrected chi connectivity index (χ0v) is 20.5. The highest BCUT2D eigenvalue weighted by Gasteiger charge is 2.31. The number of ether oxygens (including phenoxy) is 3. The molecular formula is C28H28FN5O3. The number of piperazine rings is 1. The fourth-order valence-electron chi connectivity index (χ4n) is 5.57. The molecule has 7 rings (SSSR count). The lowest BCUT2D eigenvalue weighted by Gasteiger charge is -2.44. The van der Waals surface area contributed by atoms with Crippen LogP contribution in [0.25, 0.3) is 33.4 Å². The molecule has 0 amide bonds. The predicted octanol–water partition coefficient (Wildman–Crippen LogP) is 4.11. The fraction of sp³-hybridized carbons (Fsp3) is 0.357. The van der Waals surface area contributed by atoms with Crippen molar-refractivity contribution in [2.45, 2.75) is 12.5 Å². The van der Waals surface area contributed by atoms with E-state index in [1.807, 2.05) is 6.07 Å². The molecule has 190 valence electrons. The summed E-state index contributed by atoms with van der Waals surface area (Å²) in [7, 11) is 0. The molecule has 9 heteroatoms. The molecule has 5 heterocycles. The Morgan fingerprint density at radius 1 is 0.973 bits per heavy atom. The van der Waals surface area contributed by atoms with Crippen LogP contribution in [0.1, 0.15) is 6.42 Å². The van der Waals surface area contributed by atoms with Crippen LogP contribution in [0.2, 0.25) is 0 Å². The molecule has 0 saturated carbocycles. The number of benzene rings is 2. The third-order valence-electron chi connectivity index (χ3n) is 7.49. The van der Waals surface area contributed by atoms with E-state index >= 15 is 0 Å². The molecule has 0 radical (unpaired) electrons. The second-order valence-corrected chi connectivity index (χ2v) is 9.74. The van der Waals surface area contributed by atoms with Gasteiger partial charge in [0.1, 0.15) is 23.0 Å². The van der Waals surface area contributed by atoms with Gasteiger partial charge in [-0.05, 0) is 30.3 Å². The molecule has 0 spiro atoms. The summed E-state index contributed by atoms with van der Waals surface area (Å²) in [5, 5.41) is 8.53. The van der Waals surface area contributed by atoms with E-state index in [0.29, 0.717) is 42.7 Å². The molecule has 2 fully saturated rings. The van der Waals surface area contributed by atoms with Crippen molar-refractivity contribution >= 4 is 16.6 Å². The number of anilines is 1. The van der Waals surface area contributed by atoms with E-state index in [0.717, 1.165) is 73.0 Å². The summed E-state index contributed by atoms with van der Waals surface area (Å²) in [4.78, 5) is 9.44. The Kier molecular flexibility index (Phi) is 5.67. The number of H-pyrrole nitrogens is 1. The monoisotopic (exact) mass is 501 g/mol. The molecular weight excluding hydrogens is 473 g/mol. The Morgan fingerprint density at radius 2 is 1.89 bits per heavy atom. The van der Waals surface area contributed by atoms with E-state index in [-0.39, 0.29) is 5.82 Å². The lowest BCUT2D eigenvalue weighted by molar-refractivity contribution is -0.0117. The van der Waals surface area contributed by atoms with Gasteiger partial charge in [-0.1, -0.05) is 12.1 Å². The van der Waals surface area contributed by atoms with Crippen LogP contribution in [-0.4, -0.2) is 78.7 Å². The number of nitrogens with one attached hydrogen (secondary N) is 1. The minimum absolute atomic E-state index is 0.358. The maximum atomic E-state index is 14.9. The summed E-state index contributed by atoms with van der Waals surface area (Å²) in [6, 6.07) is 13.4. The van der Waals surface area contributed by atoms with Crippen LogP contribution < -0.4 is 14.4 Å². The van der Waals surface area contributed by atoms with Crippen LogP contribution in [-0.2, 0) is 4.74 Å². The highest BCUT2D eigenvalue weighted by Crippen LogP contribution is 2.39. The Bertz CT molecular complexity index is 1460. The van der Waals surface area contributed by atoms with Crippen molar-refractivity contribution < 1.29 is 18.6 Å². The first kappa shape index (κ1) is 22.5. The van der Waals surface area contributed by atoms with E-state index in [4.69, 9.17) is 14.2 Å².